The Labute approximate surface area is 136 Å². The summed E-state index contributed by atoms with van der Waals surface area (Å²) in [4.78, 5) is 15.5. The lowest BCUT2D eigenvalue weighted by molar-refractivity contribution is -0.118. The van der Waals surface area contributed by atoms with Gasteiger partial charge >= 0.3 is 0 Å². The molecule has 0 spiro atoms. The van der Waals surface area contributed by atoms with Crippen LogP contribution in [0.5, 0.6) is 0 Å². The topological polar surface area (TPSA) is 54.0 Å². The van der Waals surface area contributed by atoms with Gasteiger partial charge in [-0.1, -0.05) is 37.6 Å². The van der Waals surface area contributed by atoms with Gasteiger partial charge in [0.15, 0.2) is 5.13 Å². The van der Waals surface area contributed by atoms with E-state index in [0.717, 1.165) is 35.8 Å². The Morgan fingerprint density at radius 1 is 1.23 bits per heavy atom. The van der Waals surface area contributed by atoms with Crippen molar-refractivity contribution in [3.63, 3.8) is 0 Å². The molecule has 0 bridgehead atoms. The smallest absolute Gasteiger partial charge is 0.216 e. The molecule has 4 nitrogen and oxygen atoms in total. The lowest BCUT2D eigenvalue weighted by Gasteiger charge is -2.04. The van der Waals surface area contributed by atoms with Gasteiger partial charge in [0, 0.05) is 31.0 Å². The Kier molecular flexibility index (Phi) is 6.40. The fraction of sp³-hybridized carbons (Fsp3) is 0.412. The molecule has 1 heterocycles. The number of anilines is 1. The van der Waals surface area contributed by atoms with E-state index in [1.165, 1.54) is 18.9 Å². The Morgan fingerprint density at radius 3 is 2.68 bits per heavy atom. The molecule has 2 N–H and O–H groups in total. The second kappa shape index (κ2) is 8.54. The zero-order valence-corrected chi connectivity index (χ0v) is 14.0. The Bertz CT molecular complexity index is 592. The van der Waals surface area contributed by atoms with E-state index in [9.17, 15) is 4.79 Å². The molecule has 2 aromatic rings. The SMILES string of the molecule is CCCCNc1nc(-c2ccc(CCNC(C)=O)cc2)cs1. The van der Waals surface area contributed by atoms with E-state index < -0.39 is 0 Å². The van der Waals surface area contributed by atoms with Crippen LogP contribution < -0.4 is 10.6 Å². The van der Waals surface area contributed by atoms with Gasteiger partial charge in [-0.2, -0.15) is 0 Å². The molecular weight excluding hydrogens is 294 g/mol. The van der Waals surface area contributed by atoms with Crippen LogP contribution in [0.4, 0.5) is 5.13 Å². The van der Waals surface area contributed by atoms with Crippen molar-refractivity contribution in [2.75, 3.05) is 18.4 Å². The molecule has 0 atom stereocenters. The van der Waals surface area contributed by atoms with Gasteiger partial charge in [0.2, 0.25) is 5.91 Å². The van der Waals surface area contributed by atoms with Crippen molar-refractivity contribution in [1.82, 2.24) is 10.3 Å². The number of nitrogens with zero attached hydrogens (tertiary/aromatic N) is 1. The molecule has 0 unspecified atom stereocenters. The molecule has 2 rings (SSSR count). The first-order valence-corrected chi connectivity index (χ1v) is 8.60. The highest BCUT2D eigenvalue weighted by Crippen LogP contribution is 2.25. The maximum Gasteiger partial charge on any atom is 0.216 e. The van der Waals surface area contributed by atoms with E-state index in [2.05, 4.69) is 52.2 Å². The first kappa shape index (κ1) is 16.5. The van der Waals surface area contributed by atoms with Gasteiger partial charge < -0.3 is 10.6 Å². The van der Waals surface area contributed by atoms with E-state index >= 15 is 0 Å². The number of hydrogen-bond acceptors (Lipinski definition) is 4. The highest BCUT2D eigenvalue weighted by atomic mass is 32.1. The Hall–Kier alpha value is -1.88. The summed E-state index contributed by atoms with van der Waals surface area (Å²) < 4.78 is 0. The average Bonchev–Trinajstić information content (AvgIpc) is 2.97. The van der Waals surface area contributed by atoms with Crippen LogP contribution in [0, 0.1) is 0 Å². The van der Waals surface area contributed by atoms with Crippen molar-refractivity contribution in [2.45, 2.75) is 33.1 Å². The molecular formula is C17H23N3OS. The van der Waals surface area contributed by atoms with Gasteiger partial charge in [-0.25, -0.2) is 4.98 Å². The largest absolute Gasteiger partial charge is 0.362 e. The summed E-state index contributed by atoms with van der Waals surface area (Å²) in [6, 6.07) is 8.38. The maximum absolute atomic E-state index is 10.8. The molecule has 1 aromatic carbocycles. The van der Waals surface area contributed by atoms with Crippen LogP contribution >= 0.6 is 11.3 Å². The van der Waals surface area contributed by atoms with E-state index in [0.29, 0.717) is 6.54 Å². The molecule has 0 aliphatic heterocycles. The fourth-order valence-corrected chi connectivity index (χ4v) is 2.83. The van der Waals surface area contributed by atoms with E-state index in [4.69, 9.17) is 0 Å². The first-order valence-electron chi connectivity index (χ1n) is 7.72. The summed E-state index contributed by atoms with van der Waals surface area (Å²) in [7, 11) is 0. The van der Waals surface area contributed by atoms with Crippen LogP contribution in [-0.2, 0) is 11.2 Å². The predicted octanol–water partition coefficient (Wildman–Crippen LogP) is 3.70. The molecule has 0 fully saturated rings. The number of aromatic nitrogens is 1. The highest BCUT2D eigenvalue weighted by Gasteiger charge is 2.04. The molecule has 0 aliphatic carbocycles. The second-order valence-electron chi connectivity index (χ2n) is 5.25. The third-order valence-electron chi connectivity index (χ3n) is 3.35. The third-order valence-corrected chi connectivity index (χ3v) is 4.15. The molecule has 1 amide bonds. The lowest BCUT2D eigenvalue weighted by atomic mass is 10.1. The van der Waals surface area contributed by atoms with Crippen molar-refractivity contribution in [3.05, 3.63) is 35.2 Å². The van der Waals surface area contributed by atoms with Gasteiger partial charge in [-0.3, -0.25) is 4.79 Å². The summed E-state index contributed by atoms with van der Waals surface area (Å²) in [5.41, 5.74) is 3.36. The van der Waals surface area contributed by atoms with Crippen molar-refractivity contribution in [1.29, 1.82) is 0 Å². The fourth-order valence-electron chi connectivity index (χ4n) is 2.08. The van der Waals surface area contributed by atoms with Crippen LogP contribution in [0.15, 0.2) is 29.6 Å². The zero-order valence-electron chi connectivity index (χ0n) is 13.2. The van der Waals surface area contributed by atoms with Gasteiger partial charge in [-0.05, 0) is 18.4 Å². The summed E-state index contributed by atoms with van der Waals surface area (Å²) in [6.07, 6.45) is 3.20. The van der Waals surface area contributed by atoms with Crippen LogP contribution in [0.25, 0.3) is 11.3 Å². The van der Waals surface area contributed by atoms with Crippen molar-refractivity contribution in [2.24, 2.45) is 0 Å². The number of unbranched alkanes of at least 4 members (excludes halogenated alkanes) is 1. The second-order valence-corrected chi connectivity index (χ2v) is 6.11. The lowest BCUT2D eigenvalue weighted by Crippen LogP contribution is -2.22. The molecule has 0 radical (unpaired) electrons. The Balaban J connectivity index is 1.91. The number of carbonyl (C=O) groups excluding carboxylic acids is 1. The number of hydrogen-bond donors (Lipinski definition) is 2. The van der Waals surface area contributed by atoms with Gasteiger partial charge in [0.05, 0.1) is 5.69 Å². The number of nitrogens with one attached hydrogen (secondary N) is 2. The van der Waals surface area contributed by atoms with Crippen molar-refractivity contribution < 1.29 is 4.79 Å². The number of rotatable bonds is 8. The standard InChI is InChI=1S/C17H23N3OS/c1-3-4-10-19-17-20-16(12-22-17)15-7-5-14(6-8-15)9-11-18-13(2)21/h5-8,12H,3-4,9-11H2,1-2H3,(H,18,21)(H,19,20). The van der Waals surface area contributed by atoms with Crippen LogP contribution in [0.2, 0.25) is 0 Å². The molecule has 5 heteroatoms. The van der Waals surface area contributed by atoms with E-state index in [1.807, 2.05) is 0 Å². The highest BCUT2D eigenvalue weighted by molar-refractivity contribution is 7.14. The molecule has 0 aliphatic rings. The summed E-state index contributed by atoms with van der Waals surface area (Å²) in [5, 5.41) is 9.23. The van der Waals surface area contributed by atoms with Crippen LogP contribution in [-0.4, -0.2) is 24.0 Å². The van der Waals surface area contributed by atoms with Crippen molar-refractivity contribution in [3.8, 4) is 11.3 Å². The number of thiazole rings is 1. The minimum atomic E-state index is 0.0159. The molecule has 1 aromatic heterocycles. The summed E-state index contributed by atoms with van der Waals surface area (Å²) >= 11 is 1.65. The zero-order chi connectivity index (χ0) is 15.8. The summed E-state index contributed by atoms with van der Waals surface area (Å²) in [5.74, 6) is 0.0159. The van der Waals surface area contributed by atoms with Crippen LogP contribution in [0.3, 0.4) is 0 Å². The number of amides is 1. The van der Waals surface area contributed by atoms with Gasteiger partial charge in [0.25, 0.3) is 0 Å². The van der Waals surface area contributed by atoms with Gasteiger partial charge in [0.1, 0.15) is 0 Å². The molecule has 22 heavy (non-hydrogen) atoms. The third kappa shape index (κ3) is 5.15. The normalized spacial score (nSPS) is 10.5. The molecule has 118 valence electrons. The van der Waals surface area contributed by atoms with Crippen LogP contribution in [0.1, 0.15) is 32.3 Å². The monoisotopic (exact) mass is 317 g/mol. The first-order chi connectivity index (χ1) is 10.7. The average molecular weight is 317 g/mol. The molecule has 0 saturated heterocycles. The van der Waals surface area contributed by atoms with E-state index in [1.54, 1.807) is 11.3 Å². The molecule has 0 saturated carbocycles. The minimum absolute atomic E-state index is 0.0159. The van der Waals surface area contributed by atoms with Crippen molar-refractivity contribution >= 4 is 22.4 Å². The quantitative estimate of drug-likeness (QED) is 0.730. The summed E-state index contributed by atoms with van der Waals surface area (Å²) in [6.45, 7) is 5.38. The van der Waals surface area contributed by atoms with E-state index in [-0.39, 0.29) is 5.91 Å². The number of benzene rings is 1. The van der Waals surface area contributed by atoms with Gasteiger partial charge in [-0.15, -0.1) is 11.3 Å². The Morgan fingerprint density at radius 2 is 2.00 bits per heavy atom. The maximum atomic E-state index is 10.8. The predicted molar refractivity (Wildman–Crippen MR) is 93.3 cm³/mol. The minimum Gasteiger partial charge on any atom is -0.362 e. The number of carbonyl (C=O) groups is 1.